The van der Waals surface area contributed by atoms with E-state index in [2.05, 4.69) is 28.3 Å². The summed E-state index contributed by atoms with van der Waals surface area (Å²) in [5.41, 5.74) is -0.464. The Morgan fingerprint density at radius 1 is 1.65 bits per heavy atom. The summed E-state index contributed by atoms with van der Waals surface area (Å²) in [6.45, 7) is 6.86. The molecule has 1 aromatic heterocycles. The number of hydrogen-bond donors (Lipinski definition) is 1. The lowest BCUT2D eigenvalue weighted by atomic mass is 9.98. The highest BCUT2D eigenvalue weighted by molar-refractivity contribution is 7.99. The van der Waals surface area contributed by atoms with Crippen LogP contribution in [-0.2, 0) is 0 Å². The molecule has 1 aromatic rings. The molecule has 0 spiro atoms. The van der Waals surface area contributed by atoms with Crippen LogP contribution in [0.15, 0.2) is 23.6 Å². The van der Waals surface area contributed by atoms with Crippen molar-refractivity contribution in [2.75, 3.05) is 6.54 Å². The van der Waals surface area contributed by atoms with Gasteiger partial charge in [-0.3, -0.25) is 5.32 Å². The van der Waals surface area contributed by atoms with Gasteiger partial charge in [-0.2, -0.15) is 5.26 Å². The lowest BCUT2D eigenvalue weighted by molar-refractivity contribution is 0.429. The van der Waals surface area contributed by atoms with Crippen LogP contribution >= 0.6 is 11.8 Å². The monoisotopic (exact) mass is 250 g/mol. The molecule has 0 amide bonds. The third-order valence-electron chi connectivity index (χ3n) is 2.39. The van der Waals surface area contributed by atoms with Crippen molar-refractivity contribution in [3.05, 3.63) is 18.6 Å². The number of hydrogen-bond acceptors (Lipinski definition) is 5. The second-order valence-corrected chi connectivity index (χ2v) is 5.61. The molecular weight excluding hydrogens is 232 g/mol. The average Bonchev–Trinajstić information content (AvgIpc) is 2.30. The van der Waals surface area contributed by atoms with E-state index in [9.17, 15) is 5.26 Å². The first-order valence-electron chi connectivity index (χ1n) is 5.68. The SMILES string of the molecule is CCNC(C)(C#N)CC(C)Sc1ccncn1. The van der Waals surface area contributed by atoms with Gasteiger partial charge in [0.2, 0.25) is 0 Å². The highest BCUT2D eigenvalue weighted by Crippen LogP contribution is 2.26. The standard InChI is InChI=1S/C12H18N4S/c1-4-16-12(3,8-13)7-10(2)17-11-5-6-14-9-15-11/h5-6,9-10,16H,4,7H2,1-3H3. The molecule has 0 aliphatic heterocycles. The van der Waals surface area contributed by atoms with E-state index in [0.29, 0.717) is 5.25 Å². The molecule has 2 unspecified atom stereocenters. The Hall–Kier alpha value is -1.12. The van der Waals surface area contributed by atoms with E-state index in [0.717, 1.165) is 18.0 Å². The van der Waals surface area contributed by atoms with Gasteiger partial charge >= 0.3 is 0 Å². The largest absolute Gasteiger partial charge is 0.300 e. The molecule has 2 atom stereocenters. The number of nitrogens with zero attached hydrogens (tertiary/aromatic N) is 3. The van der Waals surface area contributed by atoms with E-state index in [1.807, 2.05) is 19.9 Å². The van der Waals surface area contributed by atoms with E-state index < -0.39 is 5.54 Å². The number of thioether (sulfide) groups is 1. The first-order chi connectivity index (χ1) is 8.09. The van der Waals surface area contributed by atoms with Gasteiger partial charge < -0.3 is 0 Å². The fourth-order valence-corrected chi connectivity index (χ4v) is 2.79. The summed E-state index contributed by atoms with van der Waals surface area (Å²) in [6, 6.07) is 4.23. The lowest BCUT2D eigenvalue weighted by Crippen LogP contribution is -2.42. The second-order valence-electron chi connectivity index (χ2n) is 4.15. The molecule has 0 saturated heterocycles. The fraction of sp³-hybridized carbons (Fsp3) is 0.583. The average molecular weight is 250 g/mol. The number of rotatable bonds is 6. The van der Waals surface area contributed by atoms with E-state index >= 15 is 0 Å². The molecule has 0 radical (unpaired) electrons. The van der Waals surface area contributed by atoms with Crippen molar-refractivity contribution in [2.24, 2.45) is 0 Å². The molecule has 92 valence electrons. The molecular formula is C12H18N4S. The maximum absolute atomic E-state index is 9.18. The van der Waals surface area contributed by atoms with Crippen LogP contribution in [-0.4, -0.2) is 27.3 Å². The summed E-state index contributed by atoms with van der Waals surface area (Å²) >= 11 is 1.67. The minimum atomic E-state index is -0.464. The Balaban J connectivity index is 2.55. The highest BCUT2D eigenvalue weighted by Gasteiger charge is 2.25. The summed E-state index contributed by atoms with van der Waals surface area (Å²) in [6.07, 6.45) is 4.06. The first kappa shape index (κ1) is 13.9. The van der Waals surface area contributed by atoms with Crippen LogP contribution in [0.5, 0.6) is 0 Å². The molecule has 17 heavy (non-hydrogen) atoms. The normalized spacial score (nSPS) is 15.9. The molecule has 1 heterocycles. The molecule has 4 nitrogen and oxygen atoms in total. The highest BCUT2D eigenvalue weighted by atomic mass is 32.2. The number of nitriles is 1. The second kappa shape index (κ2) is 6.58. The zero-order valence-electron chi connectivity index (χ0n) is 10.5. The molecule has 5 heteroatoms. The van der Waals surface area contributed by atoms with E-state index in [1.54, 1.807) is 24.3 Å². The molecule has 0 saturated carbocycles. The van der Waals surface area contributed by atoms with Crippen molar-refractivity contribution >= 4 is 11.8 Å². The van der Waals surface area contributed by atoms with Crippen LogP contribution in [0.4, 0.5) is 0 Å². The van der Waals surface area contributed by atoms with E-state index in [4.69, 9.17) is 0 Å². The molecule has 0 aromatic carbocycles. The van der Waals surface area contributed by atoms with Crippen molar-refractivity contribution in [2.45, 2.75) is 43.0 Å². The summed E-state index contributed by atoms with van der Waals surface area (Å²) in [4.78, 5) is 8.05. The maximum Gasteiger partial charge on any atom is 0.116 e. The lowest BCUT2D eigenvalue weighted by Gasteiger charge is -2.25. The van der Waals surface area contributed by atoms with Gasteiger partial charge in [0.1, 0.15) is 11.9 Å². The Kier molecular flexibility index (Phi) is 5.39. The van der Waals surface area contributed by atoms with Gasteiger partial charge in [-0.15, -0.1) is 11.8 Å². The van der Waals surface area contributed by atoms with Gasteiger partial charge in [-0.25, -0.2) is 9.97 Å². The fourth-order valence-electron chi connectivity index (χ4n) is 1.72. The first-order valence-corrected chi connectivity index (χ1v) is 6.56. The van der Waals surface area contributed by atoms with Crippen molar-refractivity contribution in [3.63, 3.8) is 0 Å². The third-order valence-corrected chi connectivity index (χ3v) is 3.44. The summed E-state index contributed by atoms with van der Waals surface area (Å²) in [5, 5.41) is 13.7. The van der Waals surface area contributed by atoms with E-state index in [1.165, 1.54) is 0 Å². The number of aromatic nitrogens is 2. The minimum absolute atomic E-state index is 0.327. The van der Waals surface area contributed by atoms with Crippen molar-refractivity contribution in [1.29, 1.82) is 5.26 Å². The molecule has 0 aliphatic carbocycles. The van der Waals surface area contributed by atoms with Crippen LogP contribution < -0.4 is 5.32 Å². The Morgan fingerprint density at radius 2 is 2.41 bits per heavy atom. The van der Waals surface area contributed by atoms with Gasteiger partial charge in [-0.1, -0.05) is 13.8 Å². The summed E-state index contributed by atoms with van der Waals surface area (Å²) < 4.78 is 0. The zero-order valence-corrected chi connectivity index (χ0v) is 11.3. The Morgan fingerprint density at radius 3 is 2.94 bits per heavy atom. The summed E-state index contributed by atoms with van der Waals surface area (Å²) in [7, 11) is 0. The zero-order chi connectivity index (χ0) is 12.7. The molecule has 0 aliphatic rings. The molecule has 1 rings (SSSR count). The van der Waals surface area contributed by atoms with Crippen LogP contribution in [0.25, 0.3) is 0 Å². The minimum Gasteiger partial charge on any atom is -0.300 e. The van der Waals surface area contributed by atoms with Crippen LogP contribution in [0, 0.1) is 11.3 Å². The van der Waals surface area contributed by atoms with Gasteiger partial charge in [-0.05, 0) is 26.0 Å². The van der Waals surface area contributed by atoms with Crippen molar-refractivity contribution in [3.8, 4) is 6.07 Å². The van der Waals surface area contributed by atoms with Crippen LogP contribution in [0.2, 0.25) is 0 Å². The van der Waals surface area contributed by atoms with Gasteiger partial charge in [0, 0.05) is 11.4 Å². The smallest absolute Gasteiger partial charge is 0.116 e. The molecule has 0 fully saturated rings. The third kappa shape index (κ3) is 4.72. The van der Waals surface area contributed by atoms with E-state index in [-0.39, 0.29) is 0 Å². The summed E-state index contributed by atoms with van der Waals surface area (Å²) in [5.74, 6) is 0. The Labute approximate surface area is 107 Å². The van der Waals surface area contributed by atoms with Crippen molar-refractivity contribution < 1.29 is 0 Å². The molecule has 1 N–H and O–H groups in total. The van der Waals surface area contributed by atoms with Gasteiger partial charge in [0.25, 0.3) is 0 Å². The quantitative estimate of drug-likeness (QED) is 0.619. The topological polar surface area (TPSA) is 61.6 Å². The van der Waals surface area contributed by atoms with Gasteiger partial charge in [0.05, 0.1) is 11.1 Å². The number of nitrogens with one attached hydrogen (secondary N) is 1. The van der Waals surface area contributed by atoms with Crippen LogP contribution in [0.3, 0.4) is 0 Å². The predicted molar refractivity (Wildman–Crippen MR) is 69.7 cm³/mol. The Bertz CT molecular complexity index is 376. The predicted octanol–water partition coefficient (Wildman–Crippen LogP) is 2.24. The van der Waals surface area contributed by atoms with Gasteiger partial charge in [0.15, 0.2) is 0 Å². The van der Waals surface area contributed by atoms with Crippen molar-refractivity contribution in [1.82, 2.24) is 15.3 Å². The van der Waals surface area contributed by atoms with Crippen LogP contribution in [0.1, 0.15) is 27.2 Å². The molecule has 0 bridgehead atoms. The maximum atomic E-state index is 9.18.